The third kappa shape index (κ3) is 4.04. The lowest BCUT2D eigenvalue weighted by Gasteiger charge is -2.38. The standard InChI is InChI=1S/C21H30N4O2.ClH/c22-15-16-5-4-8-18(16)20(26)24-13-11-23(12-14-24)19-9-10-25(21(19)27)17-6-2-1-3-7-17;/h1-3,6-7,16,18-19H,4-5,8-15,22H2;1H/t16-,18-,19?;/m1./s1. The van der Waals surface area contributed by atoms with Crippen molar-refractivity contribution in [3.8, 4) is 0 Å². The highest BCUT2D eigenvalue weighted by molar-refractivity contribution is 5.99. The van der Waals surface area contributed by atoms with Crippen LogP contribution in [0.15, 0.2) is 30.3 Å². The first-order valence-electron chi connectivity index (χ1n) is 10.3. The van der Waals surface area contributed by atoms with Gasteiger partial charge in [-0.3, -0.25) is 14.5 Å². The smallest absolute Gasteiger partial charge is 0.244 e. The number of carbonyl (C=O) groups excluding carboxylic acids is 2. The minimum atomic E-state index is -0.0503. The van der Waals surface area contributed by atoms with Crippen molar-refractivity contribution >= 4 is 29.9 Å². The van der Waals surface area contributed by atoms with Gasteiger partial charge in [0, 0.05) is 44.3 Å². The summed E-state index contributed by atoms with van der Waals surface area (Å²) >= 11 is 0. The van der Waals surface area contributed by atoms with Gasteiger partial charge in [0.05, 0.1) is 6.04 Å². The third-order valence-corrected chi connectivity index (χ3v) is 6.59. The Morgan fingerprint density at radius 1 is 1.00 bits per heavy atom. The molecule has 1 unspecified atom stereocenters. The molecule has 6 nitrogen and oxygen atoms in total. The summed E-state index contributed by atoms with van der Waals surface area (Å²) in [7, 11) is 0. The van der Waals surface area contributed by atoms with E-state index in [4.69, 9.17) is 5.73 Å². The van der Waals surface area contributed by atoms with E-state index in [2.05, 4.69) is 4.90 Å². The number of anilines is 1. The highest BCUT2D eigenvalue weighted by Gasteiger charge is 2.40. The molecule has 2 heterocycles. The molecule has 7 heteroatoms. The van der Waals surface area contributed by atoms with E-state index in [1.54, 1.807) is 0 Å². The maximum atomic E-state index is 12.9. The minimum absolute atomic E-state index is 0. The van der Waals surface area contributed by atoms with Gasteiger partial charge in [-0.2, -0.15) is 0 Å². The summed E-state index contributed by atoms with van der Waals surface area (Å²) in [6.07, 6.45) is 4.04. The van der Waals surface area contributed by atoms with Crippen molar-refractivity contribution in [2.75, 3.05) is 44.2 Å². The fourth-order valence-corrected chi connectivity index (χ4v) is 5.00. The summed E-state index contributed by atoms with van der Waals surface area (Å²) in [6.45, 7) is 4.40. The van der Waals surface area contributed by atoms with Gasteiger partial charge >= 0.3 is 0 Å². The van der Waals surface area contributed by atoms with Crippen molar-refractivity contribution in [3.63, 3.8) is 0 Å². The molecule has 0 bridgehead atoms. The predicted molar refractivity (Wildman–Crippen MR) is 112 cm³/mol. The molecule has 2 N–H and O–H groups in total. The molecule has 0 radical (unpaired) electrons. The second kappa shape index (κ2) is 9.25. The van der Waals surface area contributed by atoms with E-state index in [1.165, 1.54) is 0 Å². The average Bonchev–Trinajstić information content (AvgIpc) is 3.35. The molecule has 3 fully saturated rings. The quantitative estimate of drug-likeness (QED) is 0.826. The number of benzene rings is 1. The van der Waals surface area contributed by atoms with Crippen molar-refractivity contribution in [2.24, 2.45) is 17.6 Å². The number of carbonyl (C=O) groups is 2. The Hall–Kier alpha value is -1.63. The van der Waals surface area contributed by atoms with Crippen LogP contribution in [-0.2, 0) is 9.59 Å². The Bertz CT molecular complexity index is 678. The zero-order chi connectivity index (χ0) is 18.8. The molecular weight excluding hydrogens is 376 g/mol. The molecule has 2 aliphatic heterocycles. The van der Waals surface area contributed by atoms with E-state index in [-0.39, 0.29) is 36.2 Å². The molecule has 2 saturated heterocycles. The van der Waals surface area contributed by atoms with Crippen molar-refractivity contribution < 1.29 is 9.59 Å². The molecule has 4 rings (SSSR count). The predicted octanol–water partition coefficient (Wildman–Crippen LogP) is 1.73. The van der Waals surface area contributed by atoms with Gasteiger partial charge in [0.15, 0.2) is 0 Å². The third-order valence-electron chi connectivity index (χ3n) is 6.59. The van der Waals surface area contributed by atoms with Gasteiger partial charge in [0.2, 0.25) is 11.8 Å². The summed E-state index contributed by atoms with van der Waals surface area (Å²) in [5.74, 6) is 0.945. The van der Waals surface area contributed by atoms with E-state index >= 15 is 0 Å². The second-order valence-electron chi connectivity index (χ2n) is 8.02. The first-order valence-corrected chi connectivity index (χ1v) is 10.3. The molecular formula is C21H31ClN4O2. The van der Waals surface area contributed by atoms with Crippen LogP contribution in [0.1, 0.15) is 25.7 Å². The average molecular weight is 407 g/mol. The zero-order valence-electron chi connectivity index (χ0n) is 16.3. The molecule has 3 atom stereocenters. The Labute approximate surface area is 173 Å². The molecule has 0 aromatic heterocycles. The number of nitrogens with zero attached hydrogens (tertiary/aromatic N) is 3. The van der Waals surface area contributed by atoms with Crippen LogP contribution in [0.4, 0.5) is 5.69 Å². The molecule has 0 spiro atoms. The van der Waals surface area contributed by atoms with Crippen LogP contribution in [-0.4, -0.2) is 66.9 Å². The van der Waals surface area contributed by atoms with Crippen LogP contribution in [0.25, 0.3) is 0 Å². The Kier molecular flexibility index (Phi) is 6.96. The number of nitrogens with two attached hydrogens (primary N) is 1. The molecule has 154 valence electrons. The van der Waals surface area contributed by atoms with Crippen molar-refractivity contribution in [2.45, 2.75) is 31.7 Å². The van der Waals surface area contributed by atoms with Crippen LogP contribution in [0, 0.1) is 11.8 Å². The fourth-order valence-electron chi connectivity index (χ4n) is 5.00. The van der Waals surface area contributed by atoms with Crippen molar-refractivity contribution in [1.29, 1.82) is 0 Å². The van der Waals surface area contributed by atoms with Gasteiger partial charge in [-0.25, -0.2) is 0 Å². The molecule has 3 aliphatic rings. The van der Waals surface area contributed by atoms with Gasteiger partial charge < -0.3 is 15.5 Å². The number of hydrogen-bond donors (Lipinski definition) is 1. The molecule has 2 amide bonds. The van der Waals surface area contributed by atoms with E-state index in [9.17, 15) is 9.59 Å². The first kappa shape index (κ1) is 21.1. The highest BCUT2D eigenvalue weighted by atomic mass is 35.5. The van der Waals surface area contributed by atoms with E-state index in [1.807, 2.05) is 40.1 Å². The monoisotopic (exact) mass is 406 g/mol. The second-order valence-corrected chi connectivity index (χ2v) is 8.02. The van der Waals surface area contributed by atoms with Crippen molar-refractivity contribution in [3.05, 3.63) is 30.3 Å². The van der Waals surface area contributed by atoms with Crippen molar-refractivity contribution in [1.82, 2.24) is 9.80 Å². The van der Waals surface area contributed by atoms with Gasteiger partial charge in [-0.15, -0.1) is 12.4 Å². The summed E-state index contributed by atoms with van der Waals surface area (Å²) in [6, 6.07) is 9.84. The summed E-state index contributed by atoms with van der Waals surface area (Å²) in [5, 5.41) is 0. The SMILES string of the molecule is Cl.NC[C@H]1CCC[C@H]1C(=O)N1CCN(C2CCN(c3ccccc3)C2=O)CC1. The van der Waals surface area contributed by atoms with Crippen LogP contribution in [0.5, 0.6) is 0 Å². The molecule has 1 saturated carbocycles. The van der Waals surface area contributed by atoms with E-state index < -0.39 is 0 Å². The summed E-state index contributed by atoms with van der Waals surface area (Å²) < 4.78 is 0. The Morgan fingerprint density at radius 3 is 2.39 bits per heavy atom. The van der Waals surface area contributed by atoms with Crippen LogP contribution in [0.3, 0.4) is 0 Å². The van der Waals surface area contributed by atoms with Crippen LogP contribution >= 0.6 is 12.4 Å². The minimum Gasteiger partial charge on any atom is -0.340 e. The fraction of sp³-hybridized carbons (Fsp3) is 0.619. The lowest BCUT2D eigenvalue weighted by molar-refractivity contribution is -0.139. The van der Waals surface area contributed by atoms with E-state index in [0.717, 1.165) is 64.1 Å². The Morgan fingerprint density at radius 2 is 1.71 bits per heavy atom. The van der Waals surface area contributed by atoms with Gasteiger partial charge in [-0.05, 0) is 43.9 Å². The normalized spacial score (nSPS) is 28.5. The lowest BCUT2D eigenvalue weighted by atomic mass is 9.94. The number of hydrogen-bond acceptors (Lipinski definition) is 4. The first-order chi connectivity index (χ1) is 13.2. The number of amides is 2. The topological polar surface area (TPSA) is 69.9 Å². The summed E-state index contributed by atoms with van der Waals surface area (Å²) in [5.41, 5.74) is 6.83. The number of halogens is 1. The molecule has 1 aromatic rings. The van der Waals surface area contributed by atoms with Crippen LogP contribution < -0.4 is 10.6 Å². The molecule has 1 aliphatic carbocycles. The van der Waals surface area contributed by atoms with Gasteiger partial charge in [0.25, 0.3) is 0 Å². The largest absolute Gasteiger partial charge is 0.340 e. The number of para-hydroxylation sites is 1. The number of rotatable bonds is 4. The van der Waals surface area contributed by atoms with E-state index in [0.29, 0.717) is 12.5 Å². The van der Waals surface area contributed by atoms with Gasteiger partial charge in [-0.1, -0.05) is 24.6 Å². The molecule has 1 aromatic carbocycles. The summed E-state index contributed by atoms with van der Waals surface area (Å²) in [4.78, 5) is 31.9. The van der Waals surface area contributed by atoms with Gasteiger partial charge in [0.1, 0.15) is 0 Å². The lowest BCUT2D eigenvalue weighted by Crippen LogP contribution is -2.55. The van der Waals surface area contributed by atoms with Crippen LogP contribution in [0.2, 0.25) is 0 Å². The molecule has 28 heavy (non-hydrogen) atoms. The maximum Gasteiger partial charge on any atom is 0.244 e. The Balaban J connectivity index is 0.00000225. The zero-order valence-corrected chi connectivity index (χ0v) is 17.2. The highest BCUT2D eigenvalue weighted by Crippen LogP contribution is 2.33. The maximum absolute atomic E-state index is 12.9. The number of piperazine rings is 1.